The summed E-state index contributed by atoms with van der Waals surface area (Å²) in [4.78, 5) is 66.0. The van der Waals surface area contributed by atoms with Gasteiger partial charge in [-0.2, -0.15) is 0 Å². The fourth-order valence-electron chi connectivity index (χ4n) is 3.64. The number of guanidine groups is 1. The number of hydrogen-bond donors (Lipinski definition) is 8. The van der Waals surface area contributed by atoms with Crippen LogP contribution in [0.15, 0.2) is 35.3 Å². The topological polar surface area (TPSA) is 258 Å². The summed E-state index contributed by atoms with van der Waals surface area (Å²) in [7, 11) is 0. The summed E-state index contributed by atoms with van der Waals surface area (Å²) in [5, 5.41) is 17.0. The normalized spacial score (nSPS) is 13.8. The molecular formula is C25H40N8O6. The van der Waals surface area contributed by atoms with Crippen LogP contribution in [0.25, 0.3) is 0 Å². The van der Waals surface area contributed by atoms with Crippen LogP contribution in [0.5, 0.6) is 0 Å². The number of carbonyl (C=O) groups excluding carboxylic acids is 4. The molecule has 0 fully saturated rings. The highest BCUT2D eigenvalue weighted by Gasteiger charge is 2.31. The van der Waals surface area contributed by atoms with Crippen molar-refractivity contribution in [2.45, 2.75) is 70.1 Å². The van der Waals surface area contributed by atoms with Crippen molar-refractivity contribution in [3.8, 4) is 0 Å². The highest BCUT2D eigenvalue weighted by atomic mass is 16.4. The summed E-state index contributed by atoms with van der Waals surface area (Å²) in [5.41, 5.74) is 22.4. The number of benzene rings is 1. The van der Waals surface area contributed by atoms with E-state index in [9.17, 15) is 29.1 Å². The molecule has 39 heavy (non-hydrogen) atoms. The Balaban J connectivity index is 2.94. The molecule has 1 aromatic rings. The molecule has 0 heterocycles. The number of primary amides is 1. The van der Waals surface area contributed by atoms with E-state index in [2.05, 4.69) is 20.9 Å². The van der Waals surface area contributed by atoms with Gasteiger partial charge in [0.2, 0.25) is 23.6 Å². The average Bonchev–Trinajstić information content (AvgIpc) is 2.84. The lowest BCUT2D eigenvalue weighted by atomic mass is 10.0. The molecule has 12 N–H and O–H groups in total. The van der Waals surface area contributed by atoms with Crippen LogP contribution in [0.3, 0.4) is 0 Å². The molecule has 0 aromatic heterocycles. The number of amides is 4. The minimum absolute atomic E-state index is 0.0216. The number of rotatable bonds is 17. The van der Waals surface area contributed by atoms with Gasteiger partial charge in [-0.25, -0.2) is 4.79 Å². The number of aliphatic imine (C=N–C) groups is 1. The second-order valence-electron chi connectivity index (χ2n) is 9.57. The maximum Gasteiger partial charge on any atom is 0.326 e. The van der Waals surface area contributed by atoms with Gasteiger partial charge in [0.1, 0.15) is 18.1 Å². The van der Waals surface area contributed by atoms with Crippen LogP contribution in [0.1, 0.15) is 45.1 Å². The number of carboxylic acids is 1. The molecule has 0 aliphatic rings. The van der Waals surface area contributed by atoms with E-state index in [4.69, 9.17) is 22.9 Å². The van der Waals surface area contributed by atoms with Gasteiger partial charge in [0.15, 0.2) is 5.96 Å². The van der Waals surface area contributed by atoms with Crippen molar-refractivity contribution < 1.29 is 29.1 Å². The minimum Gasteiger partial charge on any atom is -0.480 e. The quantitative estimate of drug-likeness (QED) is 0.0611. The fraction of sp³-hybridized carbons (Fsp3) is 0.520. The second kappa shape index (κ2) is 16.6. The predicted molar refractivity (Wildman–Crippen MR) is 145 cm³/mol. The van der Waals surface area contributed by atoms with Crippen molar-refractivity contribution in [3.63, 3.8) is 0 Å². The number of aliphatic carboxylic acids is 1. The van der Waals surface area contributed by atoms with E-state index in [0.29, 0.717) is 12.0 Å². The molecule has 0 bridgehead atoms. The third kappa shape index (κ3) is 13.2. The Morgan fingerprint density at radius 2 is 1.44 bits per heavy atom. The molecule has 14 heteroatoms. The lowest BCUT2D eigenvalue weighted by Gasteiger charge is -2.25. The first-order valence-corrected chi connectivity index (χ1v) is 12.6. The van der Waals surface area contributed by atoms with E-state index >= 15 is 0 Å². The molecule has 0 spiro atoms. The number of carbonyl (C=O) groups is 5. The molecule has 1 aromatic carbocycles. The van der Waals surface area contributed by atoms with Gasteiger partial charge >= 0.3 is 5.97 Å². The van der Waals surface area contributed by atoms with Crippen molar-refractivity contribution in [3.05, 3.63) is 35.9 Å². The zero-order valence-electron chi connectivity index (χ0n) is 22.3. The molecule has 0 saturated heterocycles. The minimum atomic E-state index is -1.47. The van der Waals surface area contributed by atoms with Crippen molar-refractivity contribution in [1.82, 2.24) is 16.0 Å². The van der Waals surface area contributed by atoms with E-state index in [1.165, 1.54) is 0 Å². The standard InChI is InChI=1S/C25H40N8O6/c1-14(2)11-17(31-21(35)16(26)9-6-10-30-25(28)29)22(36)32-18(13-20(27)34)23(37)33-19(24(38)39)12-15-7-4-3-5-8-15/h3-5,7-8,14,16-19H,6,9-13,26H2,1-2H3,(H2,27,34)(H,31,35)(H,32,36)(H,33,37)(H,38,39)(H4,28,29,30). The summed E-state index contributed by atoms with van der Waals surface area (Å²) in [5.74, 6) is -4.55. The summed E-state index contributed by atoms with van der Waals surface area (Å²) >= 11 is 0. The Morgan fingerprint density at radius 3 is 1.97 bits per heavy atom. The van der Waals surface area contributed by atoms with E-state index in [1.807, 2.05) is 13.8 Å². The van der Waals surface area contributed by atoms with Crippen LogP contribution in [0.2, 0.25) is 0 Å². The highest BCUT2D eigenvalue weighted by Crippen LogP contribution is 2.08. The summed E-state index contributed by atoms with van der Waals surface area (Å²) < 4.78 is 0. The Bertz CT molecular complexity index is 1010. The third-order valence-electron chi connectivity index (χ3n) is 5.58. The van der Waals surface area contributed by atoms with Gasteiger partial charge in [-0.3, -0.25) is 24.2 Å². The molecular weight excluding hydrogens is 508 g/mol. The predicted octanol–water partition coefficient (Wildman–Crippen LogP) is -1.93. The van der Waals surface area contributed by atoms with Gasteiger partial charge in [0, 0.05) is 13.0 Å². The van der Waals surface area contributed by atoms with E-state index in [-0.39, 0.29) is 37.7 Å². The Labute approximate surface area is 227 Å². The first-order chi connectivity index (χ1) is 18.3. The van der Waals surface area contributed by atoms with E-state index in [0.717, 1.165) is 0 Å². The maximum absolute atomic E-state index is 13.1. The first kappa shape index (κ1) is 32.8. The van der Waals surface area contributed by atoms with Gasteiger partial charge in [-0.1, -0.05) is 44.2 Å². The van der Waals surface area contributed by atoms with Gasteiger partial charge in [-0.05, 0) is 30.7 Å². The largest absolute Gasteiger partial charge is 0.480 e. The van der Waals surface area contributed by atoms with Crippen LogP contribution < -0.4 is 38.9 Å². The van der Waals surface area contributed by atoms with E-state index < -0.39 is 60.2 Å². The Kier molecular flexibility index (Phi) is 14.0. The van der Waals surface area contributed by atoms with Gasteiger partial charge in [0.25, 0.3) is 0 Å². The Hall–Kier alpha value is -4.20. The number of nitrogens with two attached hydrogens (primary N) is 4. The zero-order chi connectivity index (χ0) is 29.5. The average molecular weight is 549 g/mol. The van der Waals surface area contributed by atoms with Crippen molar-refractivity contribution in [2.75, 3.05) is 6.54 Å². The van der Waals surface area contributed by atoms with Crippen LogP contribution in [0, 0.1) is 5.92 Å². The molecule has 4 unspecified atom stereocenters. The second-order valence-corrected chi connectivity index (χ2v) is 9.57. The molecule has 1 rings (SSSR count). The lowest BCUT2D eigenvalue weighted by Crippen LogP contribution is -2.58. The molecule has 0 aliphatic heterocycles. The SMILES string of the molecule is CC(C)CC(NC(=O)C(N)CCCN=C(N)N)C(=O)NC(CC(N)=O)C(=O)NC(Cc1ccccc1)C(=O)O. The van der Waals surface area contributed by atoms with Crippen molar-refractivity contribution in [2.24, 2.45) is 33.8 Å². The first-order valence-electron chi connectivity index (χ1n) is 12.6. The van der Waals surface area contributed by atoms with Gasteiger partial charge in [0.05, 0.1) is 12.5 Å². The molecule has 0 saturated carbocycles. The molecule has 14 nitrogen and oxygen atoms in total. The van der Waals surface area contributed by atoms with Crippen LogP contribution >= 0.6 is 0 Å². The molecule has 216 valence electrons. The van der Waals surface area contributed by atoms with Crippen LogP contribution in [0.4, 0.5) is 0 Å². The molecule has 4 atom stereocenters. The van der Waals surface area contributed by atoms with Crippen LogP contribution in [-0.4, -0.2) is 71.4 Å². The Morgan fingerprint density at radius 1 is 0.872 bits per heavy atom. The summed E-state index contributed by atoms with van der Waals surface area (Å²) in [6, 6.07) is 3.82. The monoisotopic (exact) mass is 548 g/mol. The maximum atomic E-state index is 13.1. The lowest BCUT2D eigenvalue weighted by molar-refractivity contribution is -0.142. The highest BCUT2D eigenvalue weighted by molar-refractivity contribution is 5.96. The number of carboxylic acid groups (broad SMARTS) is 1. The van der Waals surface area contributed by atoms with Crippen molar-refractivity contribution >= 4 is 35.6 Å². The van der Waals surface area contributed by atoms with E-state index in [1.54, 1.807) is 30.3 Å². The third-order valence-corrected chi connectivity index (χ3v) is 5.58. The van der Waals surface area contributed by atoms with Crippen LogP contribution in [-0.2, 0) is 30.4 Å². The number of nitrogens with zero attached hydrogens (tertiary/aromatic N) is 1. The number of hydrogen-bond acceptors (Lipinski definition) is 7. The zero-order valence-corrected chi connectivity index (χ0v) is 22.3. The summed E-state index contributed by atoms with van der Waals surface area (Å²) in [6.45, 7) is 3.94. The van der Waals surface area contributed by atoms with Gasteiger partial charge < -0.3 is 44.0 Å². The van der Waals surface area contributed by atoms with Crippen molar-refractivity contribution in [1.29, 1.82) is 0 Å². The smallest absolute Gasteiger partial charge is 0.326 e. The fourth-order valence-corrected chi connectivity index (χ4v) is 3.64. The van der Waals surface area contributed by atoms with Gasteiger partial charge in [-0.15, -0.1) is 0 Å². The molecule has 0 aliphatic carbocycles. The number of nitrogens with one attached hydrogen (secondary N) is 3. The molecule has 0 radical (unpaired) electrons. The molecule has 4 amide bonds. The summed E-state index contributed by atoms with van der Waals surface area (Å²) in [6.07, 6.45) is 0.286.